The lowest BCUT2D eigenvalue weighted by molar-refractivity contribution is -0.138. The summed E-state index contributed by atoms with van der Waals surface area (Å²) in [7, 11) is 1.29. The van der Waals surface area contributed by atoms with Crippen LogP contribution in [0.25, 0.3) is 22.2 Å². The highest BCUT2D eigenvalue weighted by atomic mass is 19.4. The van der Waals surface area contributed by atoms with Gasteiger partial charge in [-0.1, -0.05) is 0 Å². The predicted molar refractivity (Wildman–Crippen MR) is 147 cm³/mol. The van der Waals surface area contributed by atoms with Gasteiger partial charge in [0.05, 0.1) is 29.7 Å². The van der Waals surface area contributed by atoms with Crippen LogP contribution in [0.5, 0.6) is 5.75 Å². The molecule has 7 nitrogen and oxygen atoms in total. The van der Waals surface area contributed by atoms with E-state index in [4.69, 9.17) is 15.2 Å². The highest BCUT2D eigenvalue weighted by molar-refractivity contribution is 5.99. The number of aliphatic hydroxyl groups is 1. The maximum atomic E-state index is 15.8. The highest BCUT2D eigenvalue weighted by Gasteiger charge is 2.44. The Morgan fingerprint density at radius 3 is 2.33 bits per heavy atom. The summed E-state index contributed by atoms with van der Waals surface area (Å²) < 4.78 is 84.3. The molecule has 1 aliphatic rings. The average molecular weight is 602 g/mol. The van der Waals surface area contributed by atoms with Gasteiger partial charge in [0.25, 0.3) is 0 Å². The summed E-state index contributed by atoms with van der Waals surface area (Å²) in [6, 6.07) is 9.56. The van der Waals surface area contributed by atoms with Gasteiger partial charge >= 0.3 is 6.18 Å². The molecule has 5 rings (SSSR count). The quantitative estimate of drug-likeness (QED) is 0.245. The molecule has 0 radical (unpaired) electrons. The topological polar surface area (TPSA) is 108 Å². The van der Waals surface area contributed by atoms with Crippen molar-refractivity contribution in [3.63, 3.8) is 0 Å². The van der Waals surface area contributed by atoms with Crippen molar-refractivity contribution in [2.45, 2.75) is 50.5 Å². The van der Waals surface area contributed by atoms with Crippen molar-refractivity contribution in [3.8, 4) is 17.0 Å². The Balaban J connectivity index is 1.74. The maximum absolute atomic E-state index is 15.8. The predicted octanol–water partition coefficient (Wildman–Crippen LogP) is 6.18. The van der Waals surface area contributed by atoms with E-state index < -0.39 is 46.9 Å². The van der Waals surface area contributed by atoms with Crippen LogP contribution >= 0.6 is 0 Å². The molecule has 2 aromatic heterocycles. The number of methoxy groups -OCH3 is 1. The number of pyridine rings is 2. The Bertz CT molecular complexity index is 1710. The number of nitrogens with two attached hydrogens (primary N) is 1. The van der Waals surface area contributed by atoms with Gasteiger partial charge in [0, 0.05) is 35.1 Å². The highest BCUT2D eigenvalue weighted by Crippen LogP contribution is 2.44. The van der Waals surface area contributed by atoms with Crippen LogP contribution in [0.4, 0.5) is 22.0 Å². The lowest BCUT2D eigenvalue weighted by atomic mass is 9.85. The molecule has 1 atom stereocenters. The number of fused-ring (bicyclic) bond motifs is 1. The summed E-state index contributed by atoms with van der Waals surface area (Å²) in [6.07, 6.45) is -4.58. The second-order valence-corrected chi connectivity index (χ2v) is 11.0. The SMILES string of the molecule is COc1cc(C(N)=O)cc2cc(C(F)(F)F)c(CC3(c4cc(C(C)(C)O)c(F)c(-c5ccc(F)cc5)n4)CCCO3)nc12. The first-order valence-corrected chi connectivity index (χ1v) is 13.4. The number of amides is 1. The monoisotopic (exact) mass is 601 g/mol. The summed E-state index contributed by atoms with van der Waals surface area (Å²) >= 11 is 0. The molecule has 1 unspecified atom stereocenters. The van der Waals surface area contributed by atoms with E-state index in [1.165, 1.54) is 51.3 Å². The number of ether oxygens (including phenoxy) is 2. The van der Waals surface area contributed by atoms with Gasteiger partial charge in [-0.3, -0.25) is 4.79 Å². The van der Waals surface area contributed by atoms with Crippen LogP contribution < -0.4 is 10.5 Å². The van der Waals surface area contributed by atoms with Crippen LogP contribution in [0.15, 0.2) is 48.5 Å². The van der Waals surface area contributed by atoms with E-state index in [9.17, 15) is 27.5 Å². The van der Waals surface area contributed by atoms with Crippen molar-refractivity contribution in [2.75, 3.05) is 13.7 Å². The third kappa shape index (κ3) is 5.76. The van der Waals surface area contributed by atoms with E-state index in [-0.39, 0.29) is 63.5 Å². The van der Waals surface area contributed by atoms with E-state index >= 15 is 4.39 Å². The van der Waals surface area contributed by atoms with Crippen molar-refractivity contribution in [1.29, 1.82) is 0 Å². The second kappa shape index (κ2) is 10.8. The molecule has 3 heterocycles. The summed E-state index contributed by atoms with van der Waals surface area (Å²) in [6.45, 7) is 2.92. The lowest BCUT2D eigenvalue weighted by Crippen LogP contribution is -2.32. The van der Waals surface area contributed by atoms with Gasteiger partial charge in [-0.25, -0.2) is 18.7 Å². The van der Waals surface area contributed by atoms with E-state index in [2.05, 4.69) is 9.97 Å². The van der Waals surface area contributed by atoms with Crippen LogP contribution in [0.1, 0.15) is 59.6 Å². The number of carbonyl (C=O) groups is 1. The largest absolute Gasteiger partial charge is 0.494 e. The fourth-order valence-corrected chi connectivity index (χ4v) is 5.38. The van der Waals surface area contributed by atoms with Gasteiger partial charge in [0.2, 0.25) is 5.91 Å². The molecule has 0 bridgehead atoms. The minimum atomic E-state index is -4.85. The molecule has 3 N–H and O–H groups in total. The molecule has 226 valence electrons. The Hall–Kier alpha value is -4.16. The van der Waals surface area contributed by atoms with Gasteiger partial charge in [0.1, 0.15) is 28.4 Å². The zero-order chi connectivity index (χ0) is 31.3. The zero-order valence-corrected chi connectivity index (χ0v) is 23.5. The molecule has 0 spiro atoms. The fourth-order valence-electron chi connectivity index (χ4n) is 5.38. The van der Waals surface area contributed by atoms with Crippen LogP contribution in [0, 0.1) is 11.6 Å². The van der Waals surface area contributed by atoms with Gasteiger partial charge < -0.3 is 20.3 Å². The average Bonchev–Trinajstić information content (AvgIpc) is 3.41. The fraction of sp³-hybridized carbons (Fsp3) is 0.323. The number of benzene rings is 2. The van der Waals surface area contributed by atoms with Crippen molar-refractivity contribution < 1.29 is 41.3 Å². The molecule has 4 aromatic rings. The van der Waals surface area contributed by atoms with Crippen molar-refractivity contribution >= 4 is 16.8 Å². The molecular weight excluding hydrogens is 573 g/mol. The number of hydrogen-bond acceptors (Lipinski definition) is 6. The van der Waals surface area contributed by atoms with Gasteiger partial charge in [-0.15, -0.1) is 0 Å². The smallest absolute Gasteiger partial charge is 0.418 e. The number of halogens is 5. The third-order valence-corrected chi connectivity index (χ3v) is 7.53. The van der Waals surface area contributed by atoms with Crippen LogP contribution in [0.2, 0.25) is 0 Å². The van der Waals surface area contributed by atoms with E-state index in [0.29, 0.717) is 6.42 Å². The van der Waals surface area contributed by atoms with Crippen LogP contribution in [-0.4, -0.2) is 34.7 Å². The molecule has 43 heavy (non-hydrogen) atoms. The zero-order valence-electron chi connectivity index (χ0n) is 23.5. The second-order valence-electron chi connectivity index (χ2n) is 11.0. The molecule has 0 aliphatic carbocycles. The van der Waals surface area contributed by atoms with Gasteiger partial charge in [-0.05, 0) is 75.2 Å². The third-order valence-electron chi connectivity index (χ3n) is 7.53. The van der Waals surface area contributed by atoms with Crippen molar-refractivity contribution in [1.82, 2.24) is 9.97 Å². The molecule has 1 saturated heterocycles. The van der Waals surface area contributed by atoms with E-state index in [1.54, 1.807) is 0 Å². The minimum Gasteiger partial charge on any atom is -0.494 e. The number of nitrogens with zero attached hydrogens (tertiary/aromatic N) is 2. The molecule has 0 saturated carbocycles. The minimum absolute atomic E-state index is 0.00608. The standard InChI is InChI=1S/C31H28F5N3O4/c1-29(2,41)21-14-24(39-27(25(21)33)16-5-7-19(32)8-6-16)30(9-4-10-43-30)15-22-20(31(34,35)36)12-17-11-18(28(37)40)13-23(42-3)26(17)38-22/h5-8,11-14,41H,4,9-10,15H2,1-3H3,(H2,37,40). The Morgan fingerprint density at radius 1 is 1.07 bits per heavy atom. The summed E-state index contributed by atoms with van der Waals surface area (Å²) in [5.41, 5.74) is 0.664. The molecule has 1 fully saturated rings. The Kier molecular flexibility index (Phi) is 7.64. The van der Waals surface area contributed by atoms with Gasteiger partial charge in [-0.2, -0.15) is 13.2 Å². The summed E-state index contributed by atoms with van der Waals surface area (Å²) in [4.78, 5) is 20.6. The normalized spacial score (nSPS) is 17.4. The summed E-state index contributed by atoms with van der Waals surface area (Å²) in [5.74, 6) is -2.21. The first kappa shape index (κ1) is 30.3. The Labute approximate surface area is 243 Å². The maximum Gasteiger partial charge on any atom is 0.418 e. The lowest BCUT2D eigenvalue weighted by Gasteiger charge is -2.31. The van der Waals surface area contributed by atoms with Crippen LogP contribution in [0.3, 0.4) is 0 Å². The van der Waals surface area contributed by atoms with Crippen molar-refractivity contribution in [3.05, 3.63) is 88.2 Å². The van der Waals surface area contributed by atoms with Crippen LogP contribution in [-0.2, 0) is 28.5 Å². The number of carbonyl (C=O) groups excluding carboxylic acids is 1. The Morgan fingerprint density at radius 2 is 1.77 bits per heavy atom. The van der Waals surface area contributed by atoms with E-state index in [0.717, 1.165) is 18.2 Å². The number of hydrogen-bond donors (Lipinski definition) is 2. The van der Waals surface area contributed by atoms with Gasteiger partial charge in [0.15, 0.2) is 5.82 Å². The molecule has 1 amide bonds. The molecule has 1 aliphatic heterocycles. The number of primary amides is 1. The first-order chi connectivity index (χ1) is 20.1. The molecule has 12 heteroatoms. The number of rotatable bonds is 7. The number of aromatic nitrogens is 2. The van der Waals surface area contributed by atoms with E-state index in [1.807, 2.05) is 0 Å². The first-order valence-electron chi connectivity index (χ1n) is 13.4. The molecule has 2 aromatic carbocycles. The molecular formula is C31H28F5N3O4. The summed E-state index contributed by atoms with van der Waals surface area (Å²) in [5, 5.41) is 10.8. The van der Waals surface area contributed by atoms with Crippen molar-refractivity contribution in [2.24, 2.45) is 5.73 Å². The number of alkyl halides is 3.